The maximum absolute atomic E-state index is 12.8. The van der Waals surface area contributed by atoms with Crippen molar-refractivity contribution in [1.82, 2.24) is 9.62 Å². The maximum atomic E-state index is 12.8. The minimum Gasteiger partial charge on any atom is -0.356 e. The van der Waals surface area contributed by atoms with E-state index in [1.165, 1.54) is 4.31 Å². The normalized spacial score (nSPS) is 19.7. The standard InChI is InChI=1S/C17H27N3O3S.ClH/c1-13-5-7-16(8-6-13)24(22,23)20-9-3-4-15(12-20)17(21)19-11-14(2)10-18;/h5-8,14-15H,3-4,9-12,18H2,1-2H3,(H,19,21);1H. The number of rotatable bonds is 6. The lowest BCUT2D eigenvalue weighted by atomic mass is 9.98. The summed E-state index contributed by atoms with van der Waals surface area (Å²) >= 11 is 0. The van der Waals surface area contributed by atoms with E-state index in [4.69, 9.17) is 5.73 Å². The summed E-state index contributed by atoms with van der Waals surface area (Å²) < 4.78 is 26.9. The van der Waals surface area contributed by atoms with Crippen LogP contribution in [0.3, 0.4) is 0 Å². The van der Waals surface area contributed by atoms with Crippen LogP contribution in [-0.4, -0.2) is 44.8 Å². The molecular formula is C17H28ClN3O3S. The second-order valence-electron chi connectivity index (χ2n) is 6.60. The fourth-order valence-corrected chi connectivity index (χ4v) is 4.26. The van der Waals surface area contributed by atoms with Crippen molar-refractivity contribution >= 4 is 28.3 Å². The summed E-state index contributed by atoms with van der Waals surface area (Å²) in [5, 5.41) is 2.88. The number of carbonyl (C=O) groups is 1. The molecule has 2 rings (SSSR count). The van der Waals surface area contributed by atoms with Crippen LogP contribution in [0.5, 0.6) is 0 Å². The zero-order valence-corrected chi connectivity index (χ0v) is 16.4. The van der Waals surface area contributed by atoms with E-state index in [0.29, 0.717) is 32.5 Å². The topological polar surface area (TPSA) is 92.5 Å². The van der Waals surface area contributed by atoms with Crippen LogP contribution in [0, 0.1) is 18.8 Å². The van der Waals surface area contributed by atoms with Gasteiger partial charge in [-0.3, -0.25) is 4.79 Å². The van der Waals surface area contributed by atoms with E-state index >= 15 is 0 Å². The van der Waals surface area contributed by atoms with Crippen LogP contribution in [0.2, 0.25) is 0 Å². The molecule has 2 atom stereocenters. The first-order chi connectivity index (χ1) is 11.3. The molecule has 0 radical (unpaired) electrons. The van der Waals surface area contributed by atoms with Crippen molar-refractivity contribution in [2.75, 3.05) is 26.2 Å². The summed E-state index contributed by atoms with van der Waals surface area (Å²) in [7, 11) is -3.55. The minimum absolute atomic E-state index is 0. The lowest BCUT2D eigenvalue weighted by Crippen LogP contribution is -2.46. The Bertz CT molecular complexity index is 664. The second kappa shape index (κ2) is 9.52. The van der Waals surface area contributed by atoms with Gasteiger partial charge in [0.05, 0.1) is 10.8 Å². The van der Waals surface area contributed by atoms with Crippen LogP contribution in [0.15, 0.2) is 29.2 Å². The molecule has 0 bridgehead atoms. The van der Waals surface area contributed by atoms with Gasteiger partial charge in [-0.1, -0.05) is 24.6 Å². The summed E-state index contributed by atoms with van der Waals surface area (Å²) in [4.78, 5) is 12.6. The number of piperidine rings is 1. The first kappa shape index (κ1) is 21.9. The van der Waals surface area contributed by atoms with Crippen LogP contribution < -0.4 is 11.1 Å². The van der Waals surface area contributed by atoms with Crippen LogP contribution in [0.25, 0.3) is 0 Å². The molecule has 1 aromatic rings. The predicted molar refractivity (Wildman–Crippen MR) is 101 cm³/mol. The van der Waals surface area contributed by atoms with Crippen molar-refractivity contribution in [3.8, 4) is 0 Å². The molecule has 1 fully saturated rings. The minimum atomic E-state index is -3.55. The number of amides is 1. The monoisotopic (exact) mass is 389 g/mol. The predicted octanol–water partition coefficient (Wildman–Crippen LogP) is 1.53. The van der Waals surface area contributed by atoms with Gasteiger partial charge in [-0.15, -0.1) is 12.4 Å². The van der Waals surface area contributed by atoms with E-state index in [9.17, 15) is 13.2 Å². The van der Waals surface area contributed by atoms with Gasteiger partial charge in [0.15, 0.2) is 0 Å². The third kappa shape index (κ3) is 5.67. The van der Waals surface area contributed by atoms with E-state index < -0.39 is 10.0 Å². The first-order valence-corrected chi connectivity index (χ1v) is 9.83. The van der Waals surface area contributed by atoms with E-state index in [1.54, 1.807) is 24.3 Å². The molecule has 3 N–H and O–H groups in total. The van der Waals surface area contributed by atoms with Gasteiger partial charge in [-0.05, 0) is 44.4 Å². The molecule has 1 heterocycles. The molecule has 0 aromatic heterocycles. The number of halogens is 1. The Morgan fingerprint density at radius 1 is 1.36 bits per heavy atom. The van der Waals surface area contributed by atoms with Crippen molar-refractivity contribution in [2.45, 2.75) is 31.6 Å². The van der Waals surface area contributed by atoms with Gasteiger partial charge in [0.1, 0.15) is 0 Å². The lowest BCUT2D eigenvalue weighted by molar-refractivity contribution is -0.126. The number of nitrogens with two attached hydrogens (primary N) is 1. The zero-order chi connectivity index (χ0) is 17.7. The Hall–Kier alpha value is -1.15. The largest absolute Gasteiger partial charge is 0.356 e. The van der Waals surface area contributed by atoms with E-state index in [1.807, 2.05) is 13.8 Å². The molecule has 8 heteroatoms. The molecule has 1 amide bonds. The number of hydrogen-bond donors (Lipinski definition) is 2. The Morgan fingerprint density at radius 2 is 2.00 bits per heavy atom. The van der Waals surface area contributed by atoms with Gasteiger partial charge in [0.25, 0.3) is 0 Å². The Balaban J connectivity index is 0.00000312. The number of carbonyl (C=O) groups excluding carboxylic acids is 1. The average molecular weight is 390 g/mol. The quantitative estimate of drug-likeness (QED) is 0.771. The Morgan fingerprint density at radius 3 is 2.60 bits per heavy atom. The van der Waals surface area contributed by atoms with Gasteiger partial charge in [0.2, 0.25) is 15.9 Å². The molecule has 0 aliphatic carbocycles. The highest BCUT2D eigenvalue weighted by Crippen LogP contribution is 2.24. The van der Waals surface area contributed by atoms with Crippen molar-refractivity contribution in [3.63, 3.8) is 0 Å². The third-order valence-electron chi connectivity index (χ3n) is 4.44. The van der Waals surface area contributed by atoms with Gasteiger partial charge < -0.3 is 11.1 Å². The third-order valence-corrected chi connectivity index (χ3v) is 6.32. The Kier molecular flexibility index (Phi) is 8.34. The number of sulfonamides is 1. The molecule has 0 saturated carbocycles. The number of nitrogens with one attached hydrogen (secondary N) is 1. The molecule has 1 saturated heterocycles. The van der Waals surface area contributed by atoms with Crippen LogP contribution in [-0.2, 0) is 14.8 Å². The smallest absolute Gasteiger partial charge is 0.243 e. The average Bonchev–Trinajstić information content (AvgIpc) is 2.59. The fourth-order valence-electron chi connectivity index (χ4n) is 2.74. The van der Waals surface area contributed by atoms with Crippen molar-refractivity contribution in [1.29, 1.82) is 0 Å². The molecule has 0 spiro atoms. The number of hydrogen-bond acceptors (Lipinski definition) is 4. The van der Waals surface area contributed by atoms with Gasteiger partial charge in [-0.25, -0.2) is 8.42 Å². The second-order valence-corrected chi connectivity index (χ2v) is 8.54. The lowest BCUT2D eigenvalue weighted by Gasteiger charge is -2.31. The van der Waals surface area contributed by atoms with Crippen LogP contribution in [0.1, 0.15) is 25.3 Å². The van der Waals surface area contributed by atoms with E-state index in [2.05, 4.69) is 5.32 Å². The van der Waals surface area contributed by atoms with Gasteiger partial charge in [-0.2, -0.15) is 4.31 Å². The highest BCUT2D eigenvalue weighted by molar-refractivity contribution is 7.89. The number of aryl methyl sites for hydroxylation is 1. The Labute approximate surface area is 156 Å². The summed E-state index contributed by atoms with van der Waals surface area (Å²) in [6.45, 7) is 5.61. The zero-order valence-electron chi connectivity index (χ0n) is 14.8. The van der Waals surface area contributed by atoms with Crippen molar-refractivity contribution < 1.29 is 13.2 Å². The molecular weight excluding hydrogens is 362 g/mol. The van der Waals surface area contributed by atoms with Crippen LogP contribution >= 0.6 is 12.4 Å². The van der Waals surface area contributed by atoms with Gasteiger partial charge in [0, 0.05) is 19.6 Å². The molecule has 142 valence electrons. The molecule has 1 aromatic carbocycles. The number of nitrogens with zero attached hydrogens (tertiary/aromatic N) is 1. The van der Waals surface area contributed by atoms with Crippen LogP contribution in [0.4, 0.5) is 0 Å². The van der Waals surface area contributed by atoms with E-state index in [0.717, 1.165) is 5.56 Å². The van der Waals surface area contributed by atoms with Crippen molar-refractivity contribution in [3.05, 3.63) is 29.8 Å². The summed E-state index contributed by atoms with van der Waals surface area (Å²) in [5.41, 5.74) is 6.56. The fraction of sp³-hybridized carbons (Fsp3) is 0.588. The highest BCUT2D eigenvalue weighted by atomic mass is 35.5. The summed E-state index contributed by atoms with van der Waals surface area (Å²) in [6, 6.07) is 6.82. The summed E-state index contributed by atoms with van der Waals surface area (Å²) in [6.07, 6.45) is 1.40. The molecule has 1 aliphatic rings. The molecule has 25 heavy (non-hydrogen) atoms. The summed E-state index contributed by atoms with van der Waals surface area (Å²) in [5.74, 6) is -0.173. The van der Waals surface area contributed by atoms with Gasteiger partial charge >= 0.3 is 0 Å². The molecule has 6 nitrogen and oxygen atoms in total. The molecule has 1 aliphatic heterocycles. The number of benzene rings is 1. The maximum Gasteiger partial charge on any atom is 0.243 e. The van der Waals surface area contributed by atoms with E-state index in [-0.39, 0.29) is 41.6 Å². The SMILES string of the molecule is Cc1ccc(S(=O)(=O)N2CCCC(C(=O)NCC(C)CN)C2)cc1.Cl. The van der Waals surface area contributed by atoms with Crippen molar-refractivity contribution in [2.24, 2.45) is 17.6 Å². The first-order valence-electron chi connectivity index (χ1n) is 8.39. The highest BCUT2D eigenvalue weighted by Gasteiger charge is 2.33. The molecule has 2 unspecified atom stereocenters.